The standard InChI is InChI=1S/C16H18N2O/c1-2-19-16-11-7-6-10-15(16)13-18-17-12-14-8-4-3-5-9-14/h3-11,13,17H,2,12H2,1H3. The molecule has 1 N–H and O–H groups in total. The van der Waals surface area contributed by atoms with E-state index in [4.69, 9.17) is 4.74 Å². The van der Waals surface area contributed by atoms with Gasteiger partial charge in [0.1, 0.15) is 5.75 Å². The Balaban J connectivity index is 1.92. The molecule has 0 heterocycles. The lowest BCUT2D eigenvalue weighted by Gasteiger charge is -2.06. The van der Waals surface area contributed by atoms with Gasteiger partial charge in [0, 0.05) is 5.56 Å². The number of hydrazone groups is 1. The Morgan fingerprint density at radius 2 is 1.79 bits per heavy atom. The molecule has 0 unspecified atom stereocenters. The fourth-order valence-electron chi connectivity index (χ4n) is 1.72. The highest BCUT2D eigenvalue weighted by molar-refractivity contribution is 5.83. The Hall–Kier alpha value is -2.29. The van der Waals surface area contributed by atoms with Crippen LogP contribution >= 0.6 is 0 Å². The van der Waals surface area contributed by atoms with Crippen molar-refractivity contribution in [3.05, 3.63) is 65.7 Å². The maximum atomic E-state index is 5.53. The van der Waals surface area contributed by atoms with E-state index in [-0.39, 0.29) is 0 Å². The van der Waals surface area contributed by atoms with E-state index < -0.39 is 0 Å². The summed E-state index contributed by atoms with van der Waals surface area (Å²) in [6.45, 7) is 3.35. The first-order valence-corrected chi connectivity index (χ1v) is 6.42. The first-order valence-electron chi connectivity index (χ1n) is 6.42. The number of nitrogens with zero attached hydrogens (tertiary/aromatic N) is 1. The highest BCUT2D eigenvalue weighted by Crippen LogP contribution is 2.15. The van der Waals surface area contributed by atoms with Crippen molar-refractivity contribution in [3.63, 3.8) is 0 Å². The van der Waals surface area contributed by atoms with Crippen molar-refractivity contribution < 1.29 is 4.74 Å². The first kappa shape index (κ1) is 13.1. The van der Waals surface area contributed by atoms with E-state index in [9.17, 15) is 0 Å². The number of benzene rings is 2. The van der Waals surface area contributed by atoms with E-state index in [0.717, 1.165) is 11.3 Å². The maximum Gasteiger partial charge on any atom is 0.128 e. The lowest BCUT2D eigenvalue weighted by Crippen LogP contribution is -2.05. The number of rotatable bonds is 6. The molecular formula is C16H18N2O. The van der Waals surface area contributed by atoms with Gasteiger partial charge >= 0.3 is 0 Å². The molecule has 0 aliphatic heterocycles. The number of ether oxygens (including phenoxy) is 1. The number of hydrogen-bond acceptors (Lipinski definition) is 3. The first-order chi connectivity index (χ1) is 9.40. The molecule has 0 atom stereocenters. The fourth-order valence-corrected chi connectivity index (χ4v) is 1.72. The second-order valence-electron chi connectivity index (χ2n) is 4.05. The minimum absolute atomic E-state index is 0.655. The fraction of sp³-hybridized carbons (Fsp3) is 0.188. The van der Waals surface area contributed by atoms with E-state index in [2.05, 4.69) is 22.7 Å². The normalized spacial score (nSPS) is 10.6. The van der Waals surface area contributed by atoms with Gasteiger partial charge in [-0.3, -0.25) is 0 Å². The minimum atomic E-state index is 0.655. The summed E-state index contributed by atoms with van der Waals surface area (Å²) in [7, 11) is 0. The van der Waals surface area contributed by atoms with Crippen LogP contribution in [0.4, 0.5) is 0 Å². The molecule has 0 aromatic heterocycles. The molecule has 98 valence electrons. The number of hydrogen-bond donors (Lipinski definition) is 1. The minimum Gasteiger partial charge on any atom is -0.493 e. The molecule has 3 nitrogen and oxygen atoms in total. The van der Waals surface area contributed by atoms with Gasteiger partial charge < -0.3 is 10.2 Å². The third-order valence-corrected chi connectivity index (χ3v) is 2.64. The van der Waals surface area contributed by atoms with Crippen LogP contribution in [0.1, 0.15) is 18.1 Å². The van der Waals surface area contributed by atoms with E-state index in [1.807, 2.05) is 49.4 Å². The summed E-state index contributed by atoms with van der Waals surface area (Å²) >= 11 is 0. The van der Waals surface area contributed by atoms with Crippen LogP contribution in [0.25, 0.3) is 0 Å². The monoisotopic (exact) mass is 254 g/mol. The van der Waals surface area contributed by atoms with Crippen molar-refractivity contribution in [2.45, 2.75) is 13.5 Å². The van der Waals surface area contributed by atoms with Gasteiger partial charge in [-0.15, -0.1) is 0 Å². The van der Waals surface area contributed by atoms with Crippen molar-refractivity contribution in [2.75, 3.05) is 6.61 Å². The van der Waals surface area contributed by atoms with Crippen LogP contribution in [0.3, 0.4) is 0 Å². The van der Waals surface area contributed by atoms with E-state index >= 15 is 0 Å². The molecule has 0 fully saturated rings. The lowest BCUT2D eigenvalue weighted by atomic mass is 10.2. The summed E-state index contributed by atoms with van der Waals surface area (Å²) in [5.74, 6) is 0.857. The Labute approximate surface area is 113 Å². The largest absolute Gasteiger partial charge is 0.493 e. The van der Waals surface area contributed by atoms with Gasteiger partial charge in [-0.05, 0) is 24.6 Å². The SMILES string of the molecule is CCOc1ccccc1C=NNCc1ccccc1. The quantitative estimate of drug-likeness (QED) is 0.634. The average molecular weight is 254 g/mol. The molecule has 3 heteroatoms. The summed E-state index contributed by atoms with van der Waals surface area (Å²) in [5, 5.41) is 4.22. The summed E-state index contributed by atoms with van der Waals surface area (Å²) in [6.07, 6.45) is 1.79. The summed E-state index contributed by atoms with van der Waals surface area (Å²) in [6, 6.07) is 18.0. The van der Waals surface area contributed by atoms with Crippen LogP contribution in [-0.4, -0.2) is 12.8 Å². The van der Waals surface area contributed by atoms with Crippen molar-refractivity contribution in [3.8, 4) is 5.75 Å². The van der Waals surface area contributed by atoms with Gasteiger partial charge in [-0.1, -0.05) is 42.5 Å². The molecule has 0 aliphatic carbocycles. The highest BCUT2D eigenvalue weighted by Gasteiger charge is 1.98. The topological polar surface area (TPSA) is 33.6 Å². The Morgan fingerprint density at radius 1 is 1.05 bits per heavy atom. The van der Waals surface area contributed by atoms with Crippen LogP contribution in [0.15, 0.2) is 59.7 Å². The van der Waals surface area contributed by atoms with Crippen LogP contribution in [0.2, 0.25) is 0 Å². The third-order valence-electron chi connectivity index (χ3n) is 2.64. The predicted octanol–water partition coefficient (Wildman–Crippen LogP) is 3.21. The van der Waals surface area contributed by atoms with Crippen LogP contribution in [0, 0.1) is 0 Å². The molecule has 2 rings (SSSR count). The van der Waals surface area contributed by atoms with Gasteiger partial charge in [0.2, 0.25) is 0 Å². The molecule has 0 saturated heterocycles. The Morgan fingerprint density at radius 3 is 2.58 bits per heavy atom. The zero-order chi connectivity index (χ0) is 13.3. The van der Waals surface area contributed by atoms with Gasteiger partial charge in [-0.2, -0.15) is 5.10 Å². The van der Waals surface area contributed by atoms with Gasteiger partial charge in [0.25, 0.3) is 0 Å². The molecule has 2 aromatic rings. The van der Waals surface area contributed by atoms with Gasteiger partial charge in [-0.25, -0.2) is 0 Å². The summed E-state index contributed by atoms with van der Waals surface area (Å²) < 4.78 is 5.53. The van der Waals surface area contributed by atoms with Crippen LogP contribution in [-0.2, 0) is 6.54 Å². The second kappa shape index (κ2) is 7.21. The maximum absolute atomic E-state index is 5.53. The van der Waals surface area contributed by atoms with Gasteiger partial charge in [0.05, 0.1) is 19.4 Å². The van der Waals surface area contributed by atoms with E-state index in [0.29, 0.717) is 13.2 Å². The molecule has 0 bridgehead atoms. The lowest BCUT2D eigenvalue weighted by molar-refractivity contribution is 0.340. The molecule has 0 radical (unpaired) electrons. The smallest absolute Gasteiger partial charge is 0.128 e. The van der Waals surface area contributed by atoms with E-state index in [1.165, 1.54) is 5.56 Å². The van der Waals surface area contributed by atoms with E-state index in [1.54, 1.807) is 6.21 Å². The van der Waals surface area contributed by atoms with Crippen LogP contribution in [0.5, 0.6) is 5.75 Å². The van der Waals surface area contributed by atoms with Crippen molar-refractivity contribution in [1.82, 2.24) is 5.43 Å². The molecule has 2 aromatic carbocycles. The number of para-hydroxylation sites is 1. The molecule has 0 saturated carbocycles. The highest BCUT2D eigenvalue weighted by atomic mass is 16.5. The zero-order valence-corrected chi connectivity index (χ0v) is 11.0. The molecule has 0 amide bonds. The van der Waals surface area contributed by atoms with Crippen LogP contribution < -0.4 is 10.2 Å². The Kier molecular flexibility index (Phi) is 4.99. The summed E-state index contributed by atoms with van der Waals surface area (Å²) in [5.41, 5.74) is 5.22. The molecule has 0 spiro atoms. The number of nitrogens with one attached hydrogen (secondary N) is 1. The second-order valence-corrected chi connectivity index (χ2v) is 4.05. The molecular weight excluding hydrogens is 236 g/mol. The summed E-state index contributed by atoms with van der Waals surface area (Å²) in [4.78, 5) is 0. The Bertz CT molecular complexity index is 523. The molecule has 19 heavy (non-hydrogen) atoms. The van der Waals surface area contributed by atoms with Gasteiger partial charge in [0.15, 0.2) is 0 Å². The average Bonchev–Trinajstić information content (AvgIpc) is 2.47. The molecule has 0 aliphatic rings. The van der Waals surface area contributed by atoms with Crippen molar-refractivity contribution in [1.29, 1.82) is 0 Å². The van der Waals surface area contributed by atoms with Crippen molar-refractivity contribution in [2.24, 2.45) is 5.10 Å². The zero-order valence-electron chi connectivity index (χ0n) is 11.0. The predicted molar refractivity (Wildman–Crippen MR) is 78.5 cm³/mol. The third kappa shape index (κ3) is 4.14. The van der Waals surface area contributed by atoms with Crippen molar-refractivity contribution >= 4 is 6.21 Å².